The van der Waals surface area contributed by atoms with Gasteiger partial charge in [0.05, 0.1) is 5.97 Å². The molecule has 0 saturated carbocycles. The summed E-state index contributed by atoms with van der Waals surface area (Å²) in [5.74, 6) is -1.11. The Morgan fingerprint density at radius 1 is 1.86 bits per heavy atom. The molecule has 4 N–H and O–H groups in total. The number of rotatable bonds is 2. The van der Waals surface area contributed by atoms with Gasteiger partial charge in [0.2, 0.25) is 0 Å². The minimum Gasteiger partial charge on any atom is -0.549 e. The zero-order valence-electron chi connectivity index (χ0n) is 3.88. The number of quaternary nitrogens is 1. The molecule has 0 aromatic rings. The number of thiol groups is 1. The summed E-state index contributed by atoms with van der Waals surface area (Å²) in [7, 11) is 0.942. The quantitative estimate of drug-likeness (QED) is 0.409. The van der Waals surface area contributed by atoms with Crippen LogP contribution in [-0.2, 0) is 4.79 Å². The van der Waals surface area contributed by atoms with E-state index in [1.807, 2.05) is 0 Å². The number of carboxylic acids is 1. The molecule has 0 amide bonds. The minimum absolute atomic E-state index is 0. The van der Waals surface area contributed by atoms with E-state index in [9.17, 15) is 9.90 Å². The molecule has 5 heteroatoms. The van der Waals surface area contributed by atoms with E-state index in [1.165, 1.54) is 0 Å². The van der Waals surface area contributed by atoms with E-state index in [1.54, 1.807) is 0 Å². The van der Waals surface area contributed by atoms with Crippen LogP contribution in [0.1, 0.15) is 0 Å². The Kier molecular flexibility index (Phi) is 8.92. The summed E-state index contributed by atoms with van der Waals surface area (Å²) >= 11 is 3.56. The maximum atomic E-state index is 9.42. The highest BCUT2D eigenvalue weighted by Gasteiger charge is 1.76. The summed E-state index contributed by atoms with van der Waals surface area (Å²) in [6.45, 7) is 0. The second-order valence-electron chi connectivity index (χ2n) is 0.645. The highest BCUT2D eigenvalue weighted by molar-refractivity contribution is 8.68. The molecule has 0 aliphatic carbocycles. The van der Waals surface area contributed by atoms with Gasteiger partial charge >= 0.3 is 0 Å². The van der Waals surface area contributed by atoms with Crippen LogP contribution in [0.15, 0.2) is 0 Å². The number of hydrogen-bond donors (Lipinski definition) is 2. The molecule has 0 heterocycles. The first-order valence-electron chi connectivity index (χ1n) is 1.23. The SMILES string of the molecule is O=C([O-])CSS.[NH4+]. The van der Waals surface area contributed by atoms with Crippen molar-refractivity contribution < 1.29 is 9.90 Å². The lowest BCUT2D eigenvalue weighted by Gasteiger charge is -1.91. The summed E-state index contributed by atoms with van der Waals surface area (Å²) in [4.78, 5) is 9.42. The van der Waals surface area contributed by atoms with E-state index in [4.69, 9.17) is 0 Å². The average Bonchev–Trinajstić information content (AvgIpc) is 1.35. The Morgan fingerprint density at radius 2 is 2.29 bits per heavy atom. The molecule has 0 atom stereocenters. The molecule has 0 fully saturated rings. The molecule has 0 saturated heterocycles. The Labute approximate surface area is 50.9 Å². The highest BCUT2D eigenvalue weighted by Crippen LogP contribution is 2.00. The van der Waals surface area contributed by atoms with Gasteiger partial charge in [-0.3, -0.25) is 0 Å². The second-order valence-corrected chi connectivity index (χ2v) is 1.97. The second kappa shape index (κ2) is 6.13. The van der Waals surface area contributed by atoms with Crippen LogP contribution >= 0.6 is 22.5 Å². The first-order chi connectivity index (χ1) is 2.77. The topological polar surface area (TPSA) is 76.6 Å². The molecule has 0 aliphatic rings. The lowest BCUT2D eigenvalue weighted by atomic mass is 10.8. The first kappa shape index (κ1) is 10.2. The van der Waals surface area contributed by atoms with Crippen molar-refractivity contribution in [2.24, 2.45) is 0 Å². The zero-order chi connectivity index (χ0) is 4.99. The van der Waals surface area contributed by atoms with Gasteiger partial charge < -0.3 is 16.1 Å². The largest absolute Gasteiger partial charge is 0.549 e. The molecule has 0 rings (SSSR count). The highest BCUT2D eigenvalue weighted by atomic mass is 33.1. The lowest BCUT2D eigenvalue weighted by molar-refractivity contribution is -0.301. The van der Waals surface area contributed by atoms with Crippen LogP contribution in [0.2, 0.25) is 0 Å². The van der Waals surface area contributed by atoms with E-state index < -0.39 is 5.97 Å². The molecular formula is C2H7NO2S2. The van der Waals surface area contributed by atoms with Crippen LogP contribution < -0.4 is 11.3 Å². The number of carbonyl (C=O) groups is 1. The third kappa shape index (κ3) is 10.7. The van der Waals surface area contributed by atoms with E-state index in [2.05, 4.69) is 11.7 Å². The summed E-state index contributed by atoms with van der Waals surface area (Å²) in [6.07, 6.45) is 0. The average molecular weight is 141 g/mol. The molecule has 0 aromatic heterocycles. The summed E-state index contributed by atoms with van der Waals surface area (Å²) in [5.41, 5.74) is 0. The van der Waals surface area contributed by atoms with Crippen LogP contribution in [0.4, 0.5) is 0 Å². The van der Waals surface area contributed by atoms with Gasteiger partial charge in [-0.2, -0.15) is 0 Å². The molecule has 0 unspecified atom stereocenters. The van der Waals surface area contributed by atoms with Crippen molar-refractivity contribution in [3.8, 4) is 0 Å². The Hall–Kier alpha value is 0.130. The Bertz CT molecular complexity index is 57.7. The zero-order valence-corrected chi connectivity index (χ0v) is 5.59. The van der Waals surface area contributed by atoms with E-state index >= 15 is 0 Å². The fraction of sp³-hybridized carbons (Fsp3) is 0.500. The van der Waals surface area contributed by atoms with Gasteiger partial charge in [0, 0.05) is 5.75 Å². The summed E-state index contributed by atoms with van der Waals surface area (Å²) in [6, 6.07) is 0. The third-order valence-corrected chi connectivity index (χ3v) is 0.935. The molecular weight excluding hydrogens is 134 g/mol. The maximum Gasteiger partial charge on any atom is 0.0522 e. The number of hydrogen-bond acceptors (Lipinski definition) is 4. The van der Waals surface area contributed by atoms with Crippen molar-refractivity contribution >= 4 is 28.4 Å². The van der Waals surface area contributed by atoms with Gasteiger partial charge in [-0.15, -0.1) is 11.7 Å². The molecule has 0 bridgehead atoms. The predicted octanol–water partition coefficient (Wildman–Crippen LogP) is -0.310. The van der Waals surface area contributed by atoms with Crippen LogP contribution in [0, 0.1) is 0 Å². The summed E-state index contributed by atoms with van der Waals surface area (Å²) < 4.78 is 0. The standard InChI is InChI=1S/C2H4O2S2.H3N/c3-2(4)1-6-5;/h5H,1H2,(H,3,4);1H3. The first-order valence-corrected chi connectivity index (χ1v) is 3.27. The van der Waals surface area contributed by atoms with Crippen LogP contribution in [0.3, 0.4) is 0 Å². The van der Waals surface area contributed by atoms with Crippen molar-refractivity contribution in [1.82, 2.24) is 6.15 Å². The van der Waals surface area contributed by atoms with Crippen molar-refractivity contribution in [3.63, 3.8) is 0 Å². The number of carboxylic acid groups (broad SMARTS) is 1. The van der Waals surface area contributed by atoms with Crippen LogP contribution in [0.25, 0.3) is 0 Å². The molecule has 0 spiro atoms. The van der Waals surface area contributed by atoms with Crippen molar-refractivity contribution in [3.05, 3.63) is 0 Å². The number of carbonyl (C=O) groups excluding carboxylic acids is 1. The molecule has 3 nitrogen and oxygen atoms in total. The molecule has 0 aliphatic heterocycles. The van der Waals surface area contributed by atoms with Crippen molar-refractivity contribution in [1.29, 1.82) is 0 Å². The van der Waals surface area contributed by atoms with Crippen LogP contribution in [0.5, 0.6) is 0 Å². The maximum absolute atomic E-state index is 9.42. The monoisotopic (exact) mass is 141 g/mol. The minimum atomic E-state index is -1.07. The molecule has 44 valence electrons. The Balaban J connectivity index is 0. The van der Waals surface area contributed by atoms with Crippen LogP contribution in [-0.4, -0.2) is 11.7 Å². The fourth-order valence-corrected chi connectivity index (χ4v) is 0.474. The van der Waals surface area contributed by atoms with E-state index in [-0.39, 0.29) is 11.9 Å². The van der Waals surface area contributed by atoms with Gasteiger partial charge in [0.1, 0.15) is 0 Å². The van der Waals surface area contributed by atoms with Gasteiger partial charge in [-0.1, -0.05) is 10.8 Å². The smallest absolute Gasteiger partial charge is 0.0522 e. The van der Waals surface area contributed by atoms with Gasteiger partial charge in [0.25, 0.3) is 0 Å². The molecule has 7 heavy (non-hydrogen) atoms. The Morgan fingerprint density at radius 3 is 2.29 bits per heavy atom. The lowest BCUT2D eigenvalue weighted by Crippen LogP contribution is -2.23. The number of aliphatic carboxylic acids is 1. The van der Waals surface area contributed by atoms with Gasteiger partial charge in [0.15, 0.2) is 0 Å². The summed E-state index contributed by atoms with van der Waals surface area (Å²) in [5, 5.41) is 9.42. The van der Waals surface area contributed by atoms with Gasteiger partial charge in [-0.05, 0) is 0 Å². The third-order valence-electron chi connectivity index (χ3n) is 0.182. The van der Waals surface area contributed by atoms with E-state index in [0.717, 1.165) is 10.8 Å². The van der Waals surface area contributed by atoms with E-state index in [0.29, 0.717) is 0 Å². The van der Waals surface area contributed by atoms with Crippen molar-refractivity contribution in [2.75, 3.05) is 5.75 Å². The van der Waals surface area contributed by atoms with Gasteiger partial charge in [-0.25, -0.2) is 0 Å². The predicted molar refractivity (Wildman–Crippen MR) is 32.4 cm³/mol. The fourth-order valence-electron chi connectivity index (χ4n) is 0.0527. The normalized spacial score (nSPS) is 7.00. The molecule has 0 radical (unpaired) electrons. The van der Waals surface area contributed by atoms with Crippen molar-refractivity contribution in [2.45, 2.75) is 0 Å². The molecule has 0 aromatic carbocycles.